The molecule has 4 rings (SSSR count). The van der Waals surface area contributed by atoms with E-state index in [4.69, 9.17) is 25.8 Å². The quantitative estimate of drug-likeness (QED) is 0.195. The van der Waals surface area contributed by atoms with Crippen molar-refractivity contribution in [1.82, 2.24) is 20.9 Å². The summed E-state index contributed by atoms with van der Waals surface area (Å²) in [4.78, 5) is 41.8. The van der Waals surface area contributed by atoms with Crippen LogP contribution in [0.2, 0.25) is 5.02 Å². The molecule has 48 heavy (non-hydrogen) atoms. The van der Waals surface area contributed by atoms with Crippen LogP contribution in [0.15, 0.2) is 67.0 Å². The van der Waals surface area contributed by atoms with Gasteiger partial charge in [0.2, 0.25) is 5.91 Å². The fraction of sp³-hybridized carbons (Fsp3) is 0.375. The molecule has 3 aromatic rings. The molecular weight excluding hydrogens is 662 g/mol. The molecule has 2 heterocycles. The fourth-order valence-corrected chi connectivity index (χ4v) is 5.22. The number of aromatic nitrogens is 1. The van der Waals surface area contributed by atoms with Crippen molar-refractivity contribution in [1.29, 1.82) is 0 Å². The van der Waals surface area contributed by atoms with Crippen molar-refractivity contribution in [3.63, 3.8) is 0 Å². The number of alkyl halides is 3. The van der Waals surface area contributed by atoms with E-state index in [2.05, 4.69) is 20.9 Å². The van der Waals surface area contributed by atoms with Gasteiger partial charge in [0.1, 0.15) is 25.0 Å². The lowest BCUT2D eigenvalue weighted by Crippen LogP contribution is -2.49. The summed E-state index contributed by atoms with van der Waals surface area (Å²) in [6.45, 7) is -1.34. The average molecular weight is 696 g/mol. The van der Waals surface area contributed by atoms with Gasteiger partial charge >= 0.3 is 18.4 Å². The lowest BCUT2D eigenvalue weighted by Gasteiger charge is -2.30. The van der Waals surface area contributed by atoms with E-state index < -0.39 is 60.7 Å². The van der Waals surface area contributed by atoms with Gasteiger partial charge in [-0.3, -0.25) is 9.78 Å². The Morgan fingerprint density at radius 3 is 2.42 bits per heavy atom. The maximum atomic E-state index is 15.1. The molecule has 0 bridgehead atoms. The molecule has 0 aliphatic carbocycles. The Morgan fingerprint density at radius 1 is 1.06 bits per heavy atom. The molecule has 2 aromatic carbocycles. The Bertz CT molecular complexity index is 1530. The maximum Gasteiger partial charge on any atom is 0.407 e. The van der Waals surface area contributed by atoms with E-state index in [1.807, 2.05) is 18.2 Å². The SMILES string of the molecule is COC(=O)N[C@H](C(=O)Nc1cncc(F)c1CC[C@@H]1CN[C@H](COC(=O)NCC(F)(F)F)CO1)[C@H](c1ccccc1)c1ccc(Cl)cc1. The molecule has 0 unspecified atom stereocenters. The predicted octanol–water partition coefficient (Wildman–Crippen LogP) is 4.95. The van der Waals surface area contributed by atoms with Crippen LogP contribution >= 0.6 is 11.6 Å². The standard InChI is InChI=1S/C32H34ClF4N5O6/c1-46-31(45)42-28(27(19-5-3-2-4-6-19)20-7-9-21(33)10-8-20)29(43)41-26-15-38-14-25(34)24(26)12-11-23-13-39-22(16-47-23)17-48-30(44)40-18-32(35,36)37/h2-10,14-15,22-23,27-28,39H,11-13,16-18H2,1H3,(H,40,44)(H,41,43)(H,42,45)/t22-,23+,27+,28-/m0/s1. The number of halogens is 5. The molecule has 1 aliphatic rings. The molecule has 11 nitrogen and oxygen atoms in total. The number of pyridine rings is 1. The Labute approximate surface area is 278 Å². The number of methoxy groups -OCH3 is 1. The van der Waals surface area contributed by atoms with Crippen LogP contribution in [0, 0.1) is 5.82 Å². The molecule has 3 amide bonds. The minimum Gasteiger partial charge on any atom is -0.453 e. The first kappa shape index (κ1) is 36.4. The van der Waals surface area contributed by atoms with Crippen LogP contribution in [0.1, 0.15) is 29.0 Å². The van der Waals surface area contributed by atoms with Gasteiger partial charge in [-0.1, -0.05) is 54.1 Å². The molecule has 258 valence electrons. The van der Waals surface area contributed by atoms with Gasteiger partial charge in [0.05, 0.1) is 43.9 Å². The lowest BCUT2D eigenvalue weighted by atomic mass is 9.84. The van der Waals surface area contributed by atoms with Crippen LogP contribution < -0.4 is 21.3 Å². The van der Waals surface area contributed by atoms with E-state index >= 15 is 4.39 Å². The smallest absolute Gasteiger partial charge is 0.407 e. The molecule has 1 aliphatic heterocycles. The highest BCUT2D eigenvalue weighted by atomic mass is 35.5. The number of nitrogens with zero attached hydrogens (tertiary/aromatic N) is 1. The summed E-state index contributed by atoms with van der Waals surface area (Å²) in [5.74, 6) is -2.01. The second-order valence-electron chi connectivity index (χ2n) is 10.9. The summed E-state index contributed by atoms with van der Waals surface area (Å²) in [5.41, 5.74) is 1.64. The van der Waals surface area contributed by atoms with Crippen molar-refractivity contribution in [3.8, 4) is 0 Å². The Morgan fingerprint density at radius 2 is 1.77 bits per heavy atom. The van der Waals surface area contributed by atoms with Crippen LogP contribution in [0.5, 0.6) is 0 Å². The van der Waals surface area contributed by atoms with Crippen LogP contribution in [0.25, 0.3) is 0 Å². The van der Waals surface area contributed by atoms with Gasteiger partial charge in [0, 0.05) is 23.0 Å². The molecule has 16 heteroatoms. The number of amides is 3. The summed E-state index contributed by atoms with van der Waals surface area (Å²) in [5, 5.41) is 10.5. The highest BCUT2D eigenvalue weighted by Gasteiger charge is 2.34. The van der Waals surface area contributed by atoms with E-state index in [-0.39, 0.29) is 37.4 Å². The molecule has 0 saturated carbocycles. The molecule has 0 radical (unpaired) electrons. The third-order valence-electron chi connectivity index (χ3n) is 7.46. The first-order chi connectivity index (χ1) is 22.9. The van der Waals surface area contributed by atoms with Crippen molar-refractivity contribution >= 4 is 35.4 Å². The Balaban J connectivity index is 1.43. The molecule has 4 atom stereocenters. The number of ether oxygens (including phenoxy) is 3. The topological polar surface area (TPSA) is 140 Å². The number of hydrogen-bond acceptors (Lipinski definition) is 8. The van der Waals surface area contributed by atoms with Crippen LogP contribution in [0.3, 0.4) is 0 Å². The number of benzene rings is 2. The Kier molecular flexibility index (Phi) is 12.9. The molecule has 1 fully saturated rings. The number of rotatable bonds is 12. The van der Waals surface area contributed by atoms with Crippen molar-refractivity contribution in [2.75, 3.05) is 38.7 Å². The average Bonchev–Trinajstić information content (AvgIpc) is 3.07. The second-order valence-corrected chi connectivity index (χ2v) is 11.3. The third kappa shape index (κ3) is 10.8. The van der Waals surface area contributed by atoms with Gasteiger partial charge in [-0.2, -0.15) is 13.2 Å². The highest BCUT2D eigenvalue weighted by molar-refractivity contribution is 6.30. The molecule has 1 aromatic heterocycles. The number of morpholine rings is 1. The number of alkyl carbamates (subject to hydrolysis) is 2. The lowest BCUT2D eigenvalue weighted by molar-refractivity contribution is -0.124. The van der Waals surface area contributed by atoms with E-state index in [0.717, 1.165) is 6.20 Å². The summed E-state index contributed by atoms with van der Waals surface area (Å²) in [6, 6.07) is 14.2. The first-order valence-electron chi connectivity index (χ1n) is 14.8. The van der Waals surface area contributed by atoms with Crippen molar-refractivity contribution in [3.05, 3.63) is 94.5 Å². The zero-order valence-electron chi connectivity index (χ0n) is 25.7. The minimum atomic E-state index is -4.56. The summed E-state index contributed by atoms with van der Waals surface area (Å²) in [6.07, 6.45) is -4.23. The zero-order chi connectivity index (χ0) is 34.7. The first-order valence-corrected chi connectivity index (χ1v) is 15.2. The Hall–Kier alpha value is -4.47. The normalized spacial score (nSPS) is 17.5. The van der Waals surface area contributed by atoms with Gasteiger partial charge in [0.25, 0.3) is 0 Å². The summed E-state index contributed by atoms with van der Waals surface area (Å²) >= 11 is 6.12. The molecule has 1 saturated heterocycles. The van der Waals surface area contributed by atoms with Gasteiger partial charge in [-0.25, -0.2) is 14.0 Å². The van der Waals surface area contributed by atoms with E-state index in [1.165, 1.54) is 13.3 Å². The van der Waals surface area contributed by atoms with Crippen molar-refractivity contribution < 1.29 is 46.2 Å². The van der Waals surface area contributed by atoms with Gasteiger partial charge in [-0.05, 0) is 36.1 Å². The predicted molar refractivity (Wildman–Crippen MR) is 167 cm³/mol. The number of carbonyl (C=O) groups excluding carboxylic acids is 3. The number of anilines is 1. The highest BCUT2D eigenvalue weighted by Crippen LogP contribution is 2.31. The number of hydrogen-bond donors (Lipinski definition) is 4. The molecule has 0 spiro atoms. The second kappa shape index (κ2) is 17.1. The van der Waals surface area contributed by atoms with E-state index in [0.29, 0.717) is 22.6 Å². The van der Waals surface area contributed by atoms with Gasteiger partial charge in [0.15, 0.2) is 0 Å². The van der Waals surface area contributed by atoms with Gasteiger partial charge in [-0.15, -0.1) is 0 Å². The van der Waals surface area contributed by atoms with Crippen LogP contribution in [-0.4, -0.2) is 80.9 Å². The minimum absolute atomic E-state index is 0.0894. The summed E-state index contributed by atoms with van der Waals surface area (Å²) in [7, 11) is 1.17. The number of nitrogens with one attached hydrogen (secondary N) is 4. The van der Waals surface area contributed by atoms with E-state index in [9.17, 15) is 27.6 Å². The monoisotopic (exact) mass is 695 g/mol. The third-order valence-corrected chi connectivity index (χ3v) is 7.71. The fourth-order valence-electron chi connectivity index (χ4n) is 5.09. The molecular formula is C32H34ClF4N5O6. The summed E-state index contributed by atoms with van der Waals surface area (Å²) < 4.78 is 67.3. The van der Waals surface area contributed by atoms with Crippen LogP contribution in [-0.2, 0) is 25.4 Å². The van der Waals surface area contributed by atoms with Crippen molar-refractivity contribution in [2.24, 2.45) is 0 Å². The largest absolute Gasteiger partial charge is 0.453 e. The van der Waals surface area contributed by atoms with E-state index in [1.54, 1.807) is 41.7 Å². The van der Waals surface area contributed by atoms with Gasteiger partial charge < -0.3 is 35.5 Å². The van der Waals surface area contributed by atoms with Crippen molar-refractivity contribution in [2.45, 2.75) is 43.1 Å². The molecule has 4 N–H and O–H groups in total. The van der Waals surface area contributed by atoms with Crippen LogP contribution in [0.4, 0.5) is 32.8 Å². The zero-order valence-corrected chi connectivity index (χ0v) is 26.4. The maximum absolute atomic E-state index is 15.1. The number of carbonyl (C=O) groups is 3.